The number of furan rings is 1. The summed E-state index contributed by atoms with van der Waals surface area (Å²) in [6.45, 7) is 0.486. The first-order chi connectivity index (χ1) is 14.5. The van der Waals surface area contributed by atoms with Crippen molar-refractivity contribution in [3.8, 4) is 0 Å². The van der Waals surface area contributed by atoms with Gasteiger partial charge in [-0.2, -0.15) is 0 Å². The summed E-state index contributed by atoms with van der Waals surface area (Å²) >= 11 is 0. The number of nitrogens with one attached hydrogen (secondary N) is 4. The summed E-state index contributed by atoms with van der Waals surface area (Å²) in [6.07, 6.45) is 1.40. The maximum Gasteiger partial charge on any atom is 0.323 e. The first kappa shape index (κ1) is 20.6. The van der Waals surface area contributed by atoms with Gasteiger partial charge in [-0.25, -0.2) is 9.18 Å². The highest BCUT2D eigenvalue weighted by Gasteiger charge is 2.09. The highest BCUT2D eigenvalue weighted by atomic mass is 19.1. The van der Waals surface area contributed by atoms with Gasteiger partial charge in [0.05, 0.1) is 6.26 Å². The number of halogens is 1. The van der Waals surface area contributed by atoms with E-state index >= 15 is 0 Å². The highest BCUT2D eigenvalue weighted by Crippen LogP contribution is 2.12. The summed E-state index contributed by atoms with van der Waals surface area (Å²) < 4.78 is 17.9. The average Bonchev–Trinajstić information content (AvgIpc) is 3.28. The Kier molecular flexibility index (Phi) is 6.78. The van der Waals surface area contributed by atoms with Crippen LogP contribution in [0.1, 0.15) is 20.9 Å². The van der Waals surface area contributed by atoms with E-state index in [1.54, 1.807) is 36.4 Å². The normalized spacial score (nSPS) is 10.2. The molecule has 4 amide bonds. The third-order valence-corrected chi connectivity index (χ3v) is 3.95. The van der Waals surface area contributed by atoms with Gasteiger partial charge in [0.1, 0.15) is 5.82 Å². The Hall–Kier alpha value is -4.14. The molecule has 1 heterocycles. The largest absolute Gasteiger partial charge is 0.459 e. The van der Waals surface area contributed by atoms with E-state index < -0.39 is 11.8 Å². The molecule has 30 heavy (non-hydrogen) atoms. The minimum Gasteiger partial charge on any atom is -0.459 e. The molecule has 0 fully saturated rings. The van der Waals surface area contributed by atoms with Crippen LogP contribution in [0.15, 0.2) is 71.3 Å². The van der Waals surface area contributed by atoms with Gasteiger partial charge in [-0.1, -0.05) is 0 Å². The monoisotopic (exact) mass is 410 g/mol. The molecule has 3 aromatic rings. The van der Waals surface area contributed by atoms with Gasteiger partial charge in [0.2, 0.25) is 0 Å². The van der Waals surface area contributed by atoms with Crippen molar-refractivity contribution in [1.82, 2.24) is 10.6 Å². The quantitative estimate of drug-likeness (QED) is 0.448. The van der Waals surface area contributed by atoms with Crippen LogP contribution < -0.4 is 21.3 Å². The standard InChI is InChI=1S/C21H19FN4O4/c22-15-5-9-17(10-6-15)26-21(29)25-16-7-3-14(4-8-16)19(27)23-11-12-24-20(28)18-2-1-13-30-18/h1-10,13H,11-12H2,(H,23,27)(H,24,28)(H2,25,26,29). The molecule has 0 unspecified atom stereocenters. The summed E-state index contributed by atoms with van der Waals surface area (Å²) in [5, 5.41) is 10.5. The summed E-state index contributed by atoms with van der Waals surface area (Å²) in [5.74, 6) is -0.865. The predicted octanol–water partition coefficient (Wildman–Crippen LogP) is 3.22. The van der Waals surface area contributed by atoms with Gasteiger partial charge in [-0.3, -0.25) is 9.59 Å². The lowest BCUT2D eigenvalue weighted by Gasteiger charge is -2.09. The van der Waals surface area contributed by atoms with Crippen molar-refractivity contribution in [2.75, 3.05) is 23.7 Å². The zero-order valence-electron chi connectivity index (χ0n) is 15.8. The topological polar surface area (TPSA) is 112 Å². The van der Waals surface area contributed by atoms with Crippen LogP contribution >= 0.6 is 0 Å². The molecule has 0 aliphatic carbocycles. The molecular weight excluding hydrogens is 391 g/mol. The molecule has 0 saturated heterocycles. The van der Waals surface area contributed by atoms with Crippen LogP contribution in [-0.4, -0.2) is 30.9 Å². The van der Waals surface area contributed by atoms with Gasteiger partial charge < -0.3 is 25.7 Å². The second-order valence-corrected chi connectivity index (χ2v) is 6.15. The van der Waals surface area contributed by atoms with E-state index in [4.69, 9.17) is 4.42 Å². The van der Waals surface area contributed by atoms with Crippen molar-refractivity contribution in [3.05, 3.63) is 84.1 Å². The van der Waals surface area contributed by atoms with Crippen LogP contribution in [0, 0.1) is 5.82 Å². The SMILES string of the molecule is O=C(Nc1ccc(F)cc1)Nc1ccc(C(=O)NCCNC(=O)c2ccco2)cc1. The van der Waals surface area contributed by atoms with Gasteiger partial charge in [0, 0.05) is 30.0 Å². The van der Waals surface area contributed by atoms with Gasteiger partial charge in [0.15, 0.2) is 5.76 Å². The van der Waals surface area contributed by atoms with Gasteiger partial charge >= 0.3 is 6.03 Å². The van der Waals surface area contributed by atoms with Crippen molar-refractivity contribution >= 4 is 29.2 Å². The zero-order chi connectivity index (χ0) is 21.3. The van der Waals surface area contributed by atoms with E-state index in [1.807, 2.05) is 0 Å². The van der Waals surface area contributed by atoms with E-state index in [0.717, 1.165) is 0 Å². The number of carbonyl (C=O) groups is 3. The molecule has 0 bridgehead atoms. The number of amides is 4. The van der Waals surface area contributed by atoms with Crippen LogP contribution in [0.4, 0.5) is 20.6 Å². The van der Waals surface area contributed by atoms with E-state index in [9.17, 15) is 18.8 Å². The lowest BCUT2D eigenvalue weighted by atomic mass is 10.2. The van der Waals surface area contributed by atoms with Crippen LogP contribution in [0.25, 0.3) is 0 Å². The fraction of sp³-hybridized carbons (Fsp3) is 0.0952. The fourth-order valence-electron chi connectivity index (χ4n) is 2.48. The molecule has 0 spiro atoms. The van der Waals surface area contributed by atoms with Crippen LogP contribution in [-0.2, 0) is 0 Å². The molecule has 3 rings (SSSR count). The lowest BCUT2D eigenvalue weighted by molar-refractivity contribution is 0.0910. The Bertz CT molecular complexity index is 1000. The van der Waals surface area contributed by atoms with Gasteiger partial charge in [-0.15, -0.1) is 0 Å². The molecule has 2 aromatic carbocycles. The number of hydrogen-bond acceptors (Lipinski definition) is 4. The zero-order valence-corrected chi connectivity index (χ0v) is 15.8. The number of benzene rings is 2. The average molecular weight is 410 g/mol. The Labute approximate surface area is 171 Å². The molecule has 0 aliphatic heterocycles. The first-order valence-corrected chi connectivity index (χ1v) is 9.05. The molecule has 1 aromatic heterocycles. The molecule has 9 heteroatoms. The van der Waals surface area contributed by atoms with E-state index in [2.05, 4.69) is 21.3 Å². The highest BCUT2D eigenvalue weighted by molar-refractivity contribution is 6.00. The number of rotatable bonds is 7. The van der Waals surface area contributed by atoms with Crippen molar-refractivity contribution in [2.45, 2.75) is 0 Å². The Morgan fingerprint density at radius 3 is 1.90 bits per heavy atom. The maximum atomic E-state index is 12.9. The minimum atomic E-state index is -0.494. The van der Waals surface area contributed by atoms with Gasteiger partial charge in [-0.05, 0) is 60.7 Å². The van der Waals surface area contributed by atoms with Gasteiger partial charge in [0.25, 0.3) is 11.8 Å². The summed E-state index contributed by atoms with van der Waals surface area (Å²) in [5.41, 5.74) is 1.33. The predicted molar refractivity (Wildman–Crippen MR) is 109 cm³/mol. The Morgan fingerprint density at radius 1 is 0.767 bits per heavy atom. The molecule has 8 nitrogen and oxygen atoms in total. The molecule has 0 atom stereocenters. The van der Waals surface area contributed by atoms with E-state index in [1.165, 1.54) is 30.5 Å². The van der Waals surface area contributed by atoms with Crippen LogP contribution in [0.2, 0.25) is 0 Å². The third kappa shape index (κ3) is 5.93. The molecular formula is C21H19FN4O4. The second-order valence-electron chi connectivity index (χ2n) is 6.15. The van der Waals surface area contributed by atoms with Crippen molar-refractivity contribution in [1.29, 1.82) is 0 Å². The number of hydrogen-bond donors (Lipinski definition) is 4. The molecule has 0 aliphatic rings. The second kappa shape index (κ2) is 9.87. The van der Waals surface area contributed by atoms with Crippen LogP contribution in [0.3, 0.4) is 0 Å². The summed E-state index contributed by atoms with van der Waals surface area (Å²) in [4.78, 5) is 35.8. The number of urea groups is 1. The smallest absolute Gasteiger partial charge is 0.323 e. The number of carbonyl (C=O) groups excluding carboxylic acids is 3. The lowest BCUT2D eigenvalue weighted by Crippen LogP contribution is -2.34. The minimum absolute atomic E-state index is 0.202. The maximum absolute atomic E-state index is 12.9. The van der Waals surface area contributed by atoms with Crippen molar-refractivity contribution < 1.29 is 23.2 Å². The van der Waals surface area contributed by atoms with Crippen molar-refractivity contribution in [2.24, 2.45) is 0 Å². The third-order valence-electron chi connectivity index (χ3n) is 3.95. The van der Waals surface area contributed by atoms with Crippen LogP contribution in [0.5, 0.6) is 0 Å². The molecule has 0 radical (unpaired) electrons. The van der Waals surface area contributed by atoms with E-state index in [0.29, 0.717) is 16.9 Å². The van der Waals surface area contributed by atoms with E-state index in [-0.39, 0.29) is 30.7 Å². The Morgan fingerprint density at radius 2 is 1.33 bits per heavy atom. The molecule has 154 valence electrons. The molecule has 4 N–H and O–H groups in total. The number of anilines is 2. The molecule has 0 saturated carbocycles. The Balaban J connectivity index is 1.41. The summed E-state index contributed by atoms with van der Waals surface area (Å²) in [7, 11) is 0. The first-order valence-electron chi connectivity index (χ1n) is 9.05. The fourth-order valence-corrected chi connectivity index (χ4v) is 2.48. The summed E-state index contributed by atoms with van der Waals surface area (Å²) in [6, 6.07) is 14.3. The van der Waals surface area contributed by atoms with Crippen molar-refractivity contribution in [3.63, 3.8) is 0 Å².